The lowest BCUT2D eigenvalue weighted by Gasteiger charge is -2.39. The molecule has 0 bridgehead atoms. The van der Waals surface area contributed by atoms with Gasteiger partial charge in [0.1, 0.15) is 10.7 Å². The van der Waals surface area contributed by atoms with Crippen molar-refractivity contribution in [3.63, 3.8) is 0 Å². The Morgan fingerprint density at radius 3 is 2.73 bits per heavy atom. The van der Waals surface area contributed by atoms with Crippen LogP contribution in [0.1, 0.15) is 12.0 Å². The number of fused-ring (bicyclic) bond motifs is 3. The Labute approximate surface area is 139 Å². The van der Waals surface area contributed by atoms with Gasteiger partial charge in [-0.3, -0.25) is 0 Å². The van der Waals surface area contributed by atoms with Crippen molar-refractivity contribution in [1.29, 1.82) is 0 Å². The molecule has 0 unspecified atom stereocenters. The number of pyridine rings is 1. The van der Waals surface area contributed by atoms with E-state index in [9.17, 15) is 21.6 Å². The summed E-state index contributed by atoms with van der Waals surface area (Å²) in [4.78, 5) is 5.39. The van der Waals surface area contributed by atoms with Crippen LogP contribution in [0.2, 0.25) is 0 Å². The molecule has 5 nitrogen and oxygen atoms in total. The van der Waals surface area contributed by atoms with E-state index in [0.29, 0.717) is 32.3 Å². The van der Waals surface area contributed by atoms with Gasteiger partial charge in [-0.25, -0.2) is 16.5 Å². The molecule has 3 heterocycles. The standard InChI is InChI=1S/C12H13F3IN3O2S/c13-12(14,15)8-5-10-11(17-6-8)19-3-2-18(16)7-9(19)1-4-22(10,20)21/h5-6,9H,1-4,7H2/t9-/m1/s1. The van der Waals surface area contributed by atoms with Crippen molar-refractivity contribution < 1.29 is 21.6 Å². The van der Waals surface area contributed by atoms with E-state index in [-0.39, 0.29) is 22.5 Å². The Hall–Kier alpha value is -0.620. The molecule has 0 spiro atoms. The Morgan fingerprint density at radius 2 is 2.05 bits per heavy atom. The number of sulfone groups is 1. The lowest BCUT2D eigenvalue weighted by Crippen LogP contribution is -2.50. The minimum absolute atomic E-state index is 0.0501. The van der Waals surface area contributed by atoms with Crippen LogP contribution >= 0.6 is 22.9 Å². The minimum atomic E-state index is -4.61. The van der Waals surface area contributed by atoms with Gasteiger partial charge in [-0.05, 0) is 12.5 Å². The number of nitrogens with zero attached hydrogens (tertiary/aromatic N) is 3. The second-order valence-electron chi connectivity index (χ2n) is 5.37. The summed E-state index contributed by atoms with van der Waals surface area (Å²) >= 11 is 2.17. The number of alkyl halides is 3. The summed E-state index contributed by atoms with van der Waals surface area (Å²) in [5, 5.41) is 0. The summed E-state index contributed by atoms with van der Waals surface area (Å²) in [6.07, 6.45) is -3.50. The summed E-state index contributed by atoms with van der Waals surface area (Å²) in [7, 11) is -3.76. The molecule has 1 aromatic rings. The largest absolute Gasteiger partial charge is 0.417 e. The van der Waals surface area contributed by atoms with Crippen molar-refractivity contribution in [1.82, 2.24) is 8.10 Å². The Morgan fingerprint density at radius 1 is 1.32 bits per heavy atom. The van der Waals surface area contributed by atoms with E-state index in [1.807, 2.05) is 4.90 Å². The fourth-order valence-electron chi connectivity index (χ4n) is 2.78. The molecule has 1 saturated heterocycles. The van der Waals surface area contributed by atoms with Crippen LogP contribution in [0.15, 0.2) is 17.2 Å². The average Bonchev–Trinajstić information content (AvgIpc) is 2.53. The number of rotatable bonds is 0. The molecule has 0 amide bonds. The monoisotopic (exact) mass is 447 g/mol. The highest BCUT2D eigenvalue weighted by molar-refractivity contribution is 14.1. The molecular formula is C12H13F3IN3O2S. The first-order valence-electron chi connectivity index (χ1n) is 6.66. The number of hydrogen-bond acceptors (Lipinski definition) is 5. The molecule has 0 saturated carbocycles. The predicted octanol–water partition coefficient (Wildman–Crippen LogP) is 2.12. The van der Waals surface area contributed by atoms with E-state index in [2.05, 4.69) is 31.0 Å². The number of anilines is 1. The van der Waals surface area contributed by atoms with Gasteiger partial charge < -0.3 is 4.90 Å². The smallest absolute Gasteiger partial charge is 0.350 e. The zero-order chi connectivity index (χ0) is 16.1. The lowest BCUT2D eigenvalue weighted by molar-refractivity contribution is -0.138. The molecule has 122 valence electrons. The maximum absolute atomic E-state index is 12.8. The van der Waals surface area contributed by atoms with Crippen LogP contribution in [0.3, 0.4) is 0 Å². The summed E-state index contributed by atoms with van der Waals surface area (Å²) in [6.45, 7) is 1.92. The molecule has 3 rings (SSSR count). The lowest BCUT2D eigenvalue weighted by atomic mass is 10.1. The van der Waals surface area contributed by atoms with Gasteiger partial charge in [0.15, 0.2) is 9.84 Å². The van der Waals surface area contributed by atoms with Crippen LogP contribution in [0.4, 0.5) is 19.0 Å². The summed E-state index contributed by atoms with van der Waals surface area (Å²) < 4.78 is 65.3. The van der Waals surface area contributed by atoms with Gasteiger partial charge in [-0.2, -0.15) is 13.2 Å². The molecule has 1 atom stereocenters. The Kier molecular flexibility index (Phi) is 4.05. The van der Waals surface area contributed by atoms with Crippen LogP contribution < -0.4 is 4.90 Å². The first kappa shape index (κ1) is 16.2. The van der Waals surface area contributed by atoms with Crippen LogP contribution in [0.5, 0.6) is 0 Å². The normalized spacial score (nSPS) is 25.3. The maximum atomic E-state index is 12.8. The third kappa shape index (κ3) is 2.92. The van der Waals surface area contributed by atoms with Crippen molar-refractivity contribution in [2.75, 3.05) is 30.3 Å². The third-order valence-corrected chi connectivity index (χ3v) is 6.54. The zero-order valence-electron chi connectivity index (χ0n) is 11.3. The maximum Gasteiger partial charge on any atom is 0.417 e. The zero-order valence-corrected chi connectivity index (χ0v) is 14.3. The van der Waals surface area contributed by atoms with Gasteiger partial charge in [-0.1, -0.05) is 0 Å². The van der Waals surface area contributed by atoms with Gasteiger partial charge >= 0.3 is 6.18 Å². The molecule has 22 heavy (non-hydrogen) atoms. The van der Waals surface area contributed by atoms with E-state index in [1.54, 1.807) is 0 Å². The van der Waals surface area contributed by atoms with E-state index in [0.717, 1.165) is 6.07 Å². The quantitative estimate of drug-likeness (QED) is 0.451. The number of halogens is 4. The Bertz CT molecular complexity index is 695. The van der Waals surface area contributed by atoms with Crippen molar-refractivity contribution in [3.05, 3.63) is 17.8 Å². The summed E-state index contributed by atoms with van der Waals surface area (Å²) in [5.74, 6) is -0.00532. The van der Waals surface area contributed by atoms with Gasteiger partial charge in [0.25, 0.3) is 0 Å². The van der Waals surface area contributed by atoms with E-state index >= 15 is 0 Å². The van der Waals surface area contributed by atoms with E-state index < -0.39 is 21.6 Å². The van der Waals surface area contributed by atoms with Gasteiger partial charge in [-0.15, -0.1) is 0 Å². The molecule has 2 aliphatic rings. The highest BCUT2D eigenvalue weighted by atomic mass is 127. The second-order valence-corrected chi connectivity index (χ2v) is 8.81. The molecule has 0 aliphatic carbocycles. The third-order valence-electron chi connectivity index (χ3n) is 3.92. The molecule has 10 heteroatoms. The fraction of sp³-hybridized carbons (Fsp3) is 0.583. The number of piperazine rings is 1. The molecular weight excluding hydrogens is 434 g/mol. The van der Waals surface area contributed by atoms with Gasteiger partial charge in [0, 0.05) is 54.7 Å². The SMILES string of the molecule is O=S1(=O)CC[C@@H]2CN(I)CCN2c2ncc(C(F)(F)F)cc21. The molecule has 0 aromatic carbocycles. The molecule has 0 radical (unpaired) electrons. The molecule has 1 fully saturated rings. The van der Waals surface area contributed by atoms with Crippen LogP contribution in [0.25, 0.3) is 0 Å². The van der Waals surface area contributed by atoms with E-state index in [4.69, 9.17) is 0 Å². The van der Waals surface area contributed by atoms with Crippen LogP contribution in [0, 0.1) is 0 Å². The average molecular weight is 447 g/mol. The molecule has 1 aromatic heterocycles. The van der Waals surface area contributed by atoms with Crippen LogP contribution in [-0.4, -0.2) is 47.9 Å². The van der Waals surface area contributed by atoms with Crippen molar-refractivity contribution in [2.45, 2.75) is 23.5 Å². The summed E-state index contributed by atoms with van der Waals surface area (Å²) in [6, 6.07) is 0.669. The fourth-order valence-corrected chi connectivity index (χ4v) is 5.01. The van der Waals surface area contributed by atoms with Crippen molar-refractivity contribution in [3.8, 4) is 0 Å². The van der Waals surface area contributed by atoms with Gasteiger partial charge in [0.05, 0.1) is 11.3 Å². The highest BCUT2D eigenvalue weighted by Gasteiger charge is 2.39. The molecule has 2 aliphatic heterocycles. The van der Waals surface area contributed by atoms with E-state index in [1.165, 1.54) is 0 Å². The number of hydrogen-bond donors (Lipinski definition) is 0. The van der Waals surface area contributed by atoms with Crippen LogP contribution in [-0.2, 0) is 16.0 Å². The Balaban J connectivity index is 2.12. The minimum Gasteiger partial charge on any atom is -0.350 e. The van der Waals surface area contributed by atoms with Crippen molar-refractivity contribution >= 4 is 38.5 Å². The second kappa shape index (κ2) is 5.48. The topological polar surface area (TPSA) is 53.5 Å². The first-order valence-corrected chi connectivity index (χ1v) is 9.27. The van der Waals surface area contributed by atoms with Crippen molar-refractivity contribution in [2.24, 2.45) is 0 Å². The van der Waals surface area contributed by atoms with Gasteiger partial charge in [0.2, 0.25) is 0 Å². The predicted molar refractivity (Wildman–Crippen MR) is 82.6 cm³/mol. The first-order chi connectivity index (χ1) is 10.2. The molecule has 0 N–H and O–H groups in total. The number of aromatic nitrogens is 1. The summed E-state index contributed by atoms with van der Waals surface area (Å²) in [5.41, 5.74) is -1.03. The highest BCUT2D eigenvalue weighted by Crippen LogP contribution is 2.37.